The molecule has 0 aromatic carbocycles. The number of piperidine rings is 2. The van der Waals surface area contributed by atoms with Gasteiger partial charge in [-0.05, 0) is 44.9 Å². The number of allylic oxidation sites excluding steroid dienone is 2. The number of hydrogen-bond donors (Lipinski definition) is 1. The smallest absolute Gasteiger partial charge is 0.325 e. The molecule has 170 valence electrons. The van der Waals surface area contributed by atoms with Crippen molar-refractivity contribution < 1.29 is 19.2 Å². The molecule has 1 unspecified atom stereocenters. The lowest BCUT2D eigenvalue weighted by Gasteiger charge is -2.39. The molecular formula is C23H34N4O4. The van der Waals surface area contributed by atoms with Gasteiger partial charge in [-0.15, -0.1) is 0 Å². The number of nitrogens with one attached hydrogen (secondary N) is 1. The lowest BCUT2D eigenvalue weighted by molar-refractivity contribution is -0.142. The van der Waals surface area contributed by atoms with Crippen LogP contribution < -0.4 is 5.32 Å². The van der Waals surface area contributed by atoms with E-state index >= 15 is 0 Å². The molecule has 31 heavy (non-hydrogen) atoms. The molecule has 3 heterocycles. The molecule has 0 radical (unpaired) electrons. The van der Waals surface area contributed by atoms with Gasteiger partial charge in [0, 0.05) is 44.1 Å². The minimum Gasteiger partial charge on any atom is -0.342 e. The summed E-state index contributed by atoms with van der Waals surface area (Å²) in [5.41, 5.74) is -0.883. The zero-order valence-corrected chi connectivity index (χ0v) is 18.6. The average Bonchev–Trinajstić information content (AvgIpc) is 3.03. The number of likely N-dealkylation sites (tertiary alicyclic amines) is 2. The summed E-state index contributed by atoms with van der Waals surface area (Å²) in [5, 5.41) is 2.95. The number of imide groups is 1. The van der Waals surface area contributed by atoms with Gasteiger partial charge >= 0.3 is 6.03 Å². The second-order valence-electron chi connectivity index (χ2n) is 9.71. The van der Waals surface area contributed by atoms with Gasteiger partial charge in [-0.25, -0.2) is 4.79 Å². The minimum atomic E-state index is -0.883. The first-order valence-corrected chi connectivity index (χ1v) is 11.7. The van der Waals surface area contributed by atoms with E-state index in [-0.39, 0.29) is 41.6 Å². The van der Waals surface area contributed by atoms with Crippen LogP contribution in [0.25, 0.3) is 0 Å². The van der Waals surface area contributed by atoms with Gasteiger partial charge in [-0.3, -0.25) is 19.3 Å². The fourth-order valence-electron chi connectivity index (χ4n) is 5.41. The molecule has 1 atom stereocenters. The SMILES string of the molecule is CC(C)C(=O)N1CCC2(CC1)NC(=O)N(C1CCN(C(=O)C3CC=CCC3)CC1)C2=O. The third-order valence-electron chi connectivity index (χ3n) is 7.38. The minimum absolute atomic E-state index is 0.0697. The van der Waals surface area contributed by atoms with Crippen LogP contribution in [0.3, 0.4) is 0 Å². The largest absolute Gasteiger partial charge is 0.342 e. The van der Waals surface area contributed by atoms with Crippen molar-refractivity contribution in [2.24, 2.45) is 11.8 Å². The zero-order chi connectivity index (χ0) is 22.2. The van der Waals surface area contributed by atoms with Crippen LogP contribution in [0.2, 0.25) is 0 Å². The molecule has 0 aromatic heterocycles. The molecule has 3 saturated heterocycles. The fourth-order valence-corrected chi connectivity index (χ4v) is 5.41. The predicted molar refractivity (Wildman–Crippen MR) is 115 cm³/mol. The summed E-state index contributed by atoms with van der Waals surface area (Å²) in [6, 6.07) is -0.492. The Hall–Kier alpha value is -2.38. The number of amides is 5. The molecule has 8 heteroatoms. The number of nitrogens with zero attached hydrogens (tertiary/aromatic N) is 3. The Bertz CT molecular complexity index is 776. The van der Waals surface area contributed by atoms with E-state index in [0.29, 0.717) is 51.9 Å². The molecule has 3 fully saturated rings. The van der Waals surface area contributed by atoms with Gasteiger partial charge in [-0.2, -0.15) is 0 Å². The third kappa shape index (κ3) is 4.08. The van der Waals surface area contributed by atoms with Crippen LogP contribution in [0.15, 0.2) is 12.2 Å². The van der Waals surface area contributed by atoms with Gasteiger partial charge in [0.05, 0.1) is 0 Å². The van der Waals surface area contributed by atoms with Gasteiger partial charge in [0.25, 0.3) is 5.91 Å². The van der Waals surface area contributed by atoms with E-state index in [2.05, 4.69) is 17.5 Å². The van der Waals surface area contributed by atoms with Crippen molar-refractivity contribution in [1.29, 1.82) is 0 Å². The summed E-state index contributed by atoms with van der Waals surface area (Å²) in [7, 11) is 0. The Labute approximate surface area is 184 Å². The van der Waals surface area contributed by atoms with Gasteiger partial charge in [0.2, 0.25) is 11.8 Å². The Balaban J connectivity index is 1.34. The Morgan fingerprint density at radius 1 is 1.00 bits per heavy atom. The maximum absolute atomic E-state index is 13.3. The molecular weight excluding hydrogens is 396 g/mol. The van der Waals surface area contributed by atoms with Crippen LogP contribution in [-0.2, 0) is 14.4 Å². The van der Waals surface area contributed by atoms with Crippen LogP contribution in [0, 0.1) is 11.8 Å². The lowest BCUT2D eigenvalue weighted by atomic mass is 9.86. The Morgan fingerprint density at radius 3 is 2.26 bits per heavy atom. The van der Waals surface area contributed by atoms with Crippen molar-refractivity contribution in [3.63, 3.8) is 0 Å². The summed E-state index contributed by atoms with van der Waals surface area (Å²) in [4.78, 5) is 56.2. The molecule has 1 N–H and O–H groups in total. The number of carbonyl (C=O) groups is 4. The van der Waals surface area contributed by atoms with Crippen molar-refractivity contribution in [1.82, 2.24) is 20.0 Å². The van der Waals surface area contributed by atoms with Crippen molar-refractivity contribution >= 4 is 23.8 Å². The van der Waals surface area contributed by atoms with E-state index in [1.54, 1.807) is 4.90 Å². The van der Waals surface area contributed by atoms with Gasteiger partial charge in [0.1, 0.15) is 5.54 Å². The lowest BCUT2D eigenvalue weighted by Crippen LogP contribution is -2.57. The highest BCUT2D eigenvalue weighted by Crippen LogP contribution is 2.33. The van der Waals surface area contributed by atoms with Crippen molar-refractivity contribution in [3.8, 4) is 0 Å². The number of rotatable bonds is 3. The van der Waals surface area contributed by atoms with Gasteiger partial charge < -0.3 is 15.1 Å². The standard InChI is InChI=1S/C23H34N4O4/c1-16(2)19(28)26-14-10-23(11-15-26)21(30)27(22(31)24-23)18-8-12-25(13-9-18)20(29)17-6-4-3-5-7-17/h3-4,16-18H,5-15H2,1-2H3,(H,24,31). The molecule has 1 aliphatic carbocycles. The summed E-state index contributed by atoms with van der Waals surface area (Å²) < 4.78 is 0. The number of hydrogen-bond acceptors (Lipinski definition) is 4. The van der Waals surface area contributed by atoms with E-state index in [4.69, 9.17) is 0 Å². The molecule has 0 aromatic rings. The van der Waals surface area contributed by atoms with Crippen molar-refractivity contribution in [2.45, 2.75) is 70.4 Å². The summed E-state index contributed by atoms with van der Waals surface area (Å²) in [6.07, 6.45) is 9.06. The van der Waals surface area contributed by atoms with Gasteiger partial charge in [-0.1, -0.05) is 26.0 Å². The topological polar surface area (TPSA) is 90.0 Å². The molecule has 1 spiro atoms. The summed E-state index contributed by atoms with van der Waals surface area (Å²) >= 11 is 0. The molecule has 0 saturated carbocycles. The normalized spacial score (nSPS) is 26.7. The zero-order valence-electron chi connectivity index (χ0n) is 18.6. The first-order chi connectivity index (χ1) is 14.8. The van der Waals surface area contributed by atoms with Gasteiger partial charge in [0.15, 0.2) is 0 Å². The summed E-state index contributed by atoms with van der Waals surface area (Å²) in [5.74, 6) is 0.140. The van der Waals surface area contributed by atoms with Crippen LogP contribution in [0.5, 0.6) is 0 Å². The predicted octanol–water partition coefficient (Wildman–Crippen LogP) is 1.90. The van der Waals surface area contributed by atoms with E-state index < -0.39 is 5.54 Å². The second kappa shape index (κ2) is 8.63. The fraction of sp³-hybridized carbons (Fsp3) is 0.739. The maximum Gasteiger partial charge on any atom is 0.325 e. The Kier molecular flexibility index (Phi) is 6.08. The Morgan fingerprint density at radius 2 is 1.68 bits per heavy atom. The molecule has 8 nitrogen and oxygen atoms in total. The third-order valence-corrected chi connectivity index (χ3v) is 7.38. The van der Waals surface area contributed by atoms with Crippen LogP contribution in [-0.4, -0.2) is 76.2 Å². The highest BCUT2D eigenvalue weighted by Gasteiger charge is 2.54. The highest BCUT2D eigenvalue weighted by atomic mass is 16.2. The monoisotopic (exact) mass is 430 g/mol. The number of carbonyl (C=O) groups excluding carboxylic acids is 4. The first-order valence-electron chi connectivity index (χ1n) is 11.7. The molecule has 3 aliphatic heterocycles. The first kappa shape index (κ1) is 21.8. The quantitative estimate of drug-likeness (QED) is 0.547. The van der Waals surface area contributed by atoms with E-state index in [0.717, 1.165) is 19.3 Å². The maximum atomic E-state index is 13.3. The molecule has 4 aliphatic rings. The van der Waals surface area contributed by atoms with Crippen LogP contribution in [0.1, 0.15) is 58.8 Å². The molecule has 4 rings (SSSR count). The average molecular weight is 431 g/mol. The highest BCUT2D eigenvalue weighted by molar-refractivity contribution is 6.07. The second-order valence-corrected chi connectivity index (χ2v) is 9.71. The van der Waals surface area contributed by atoms with E-state index in [1.807, 2.05) is 18.7 Å². The van der Waals surface area contributed by atoms with E-state index in [9.17, 15) is 19.2 Å². The van der Waals surface area contributed by atoms with E-state index in [1.165, 1.54) is 4.90 Å². The molecule has 0 bridgehead atoms. The summed E-state index contributed by atoms with van der Waals surface area (Å²) in [6.45, 7) is 5.90. The van der Waals surface area contributed by atoms with Crippen molar-refractivity contribution in [3.05, 3.63) is 12.2 Å². The van der Waals surface area contributed by atoms with Crippen molar-refractivity contribution in [2.75, 3.05) is 26.2 Å². The van der Waals surface area contributed by atoms with Crippen LogP contribution >= 0.6 is 0 Å². The van der Waals surface area contributed by atoms with Crippen LogP contribution in [0.4, 0.5) is 4.79 Å². The molecule has 5 amide bonds. The number of urea groups is 1.